The number of nitrogens with zero attached hydrogens (tertiary/aromatic N) is 3. The van der Waals surface area contributed by atoms with Crippen LogP contribution in [-0.2, 0) is 24.0 Å². The normalized spacial score (nSPS) is 17.9. The molecule has 11 nitrogen and oxygen atoms in total. The molecule has 2 aliphatic heterocycles. The largest absolute Gasteiger partial charge is 1.00 e. The molecule has 1 fully saturated rings. The number of carbonyl (C=O) groups is 3. The Kier molecular flexibility index (Phi) is 11.0. The zero-order valence-electron chi connectivity index (χ0n) is 23.1. The molecule has 2 amide bonds. The average Bonchev–Trinajstić information content (AvgIpc) is 3.42. The SMILES string of the molecule is CC1=C(C([O-])=S)N2C(=O)C(NC(=O)C(=NOCC(=O)OC(c3ccccc3)c3ccccc3)c3csc(N)n3)[C@H]2SC1.[Na+]. The van der Waals surface area contributed by atoms with Gasteiger partial charge in [0.1, 0.15) is 17.1 Å². The number of nitrogen functional groups attached to an aromatic ring is 1. The summed E-state index contributed by atoms with van der Waals surface area (Å²) in [5.41, 5.74) is 8.00. The molecular weight excluding hydrogens is 622 g/mol. The molecule has 0 bridgehead atoms. The summed E-state index contributed by atoms with van der Waals surface area (Å²) in [6.07, 6.45) is -0.682. The van der Waals surface area contributed by atoms with Crippen LogP contribution in [0.1, 0.15) is 29.8 Å². The Balaban J connectivity index is 0.00000423. The van der Waals surface area contributed by atoms with Crippen molar-refractivity contribution in [1.82, 2.24) is 15.2 Å². The third kappa shape index (κ3) is 7.28. The summed E-state index contributed by atoms with van der Waals surface area (Å²) in [7, 11) is 0. The number of β-lactam (4-membered cyclic amide) rings is 1. The maximum absolute atomic E-state index is 13.3. The second-order valence-electron chi connectivity index (χ2n) is 9.25. The van der Waals surface area contributed by atoms with Crippen LogP contribution in [-0.4, -0.2) is 62.2 Å². The van der Waals surface area contributed by atoms with E-state index < -0.39 is 47.0 Å². The van der Waals surface area contributed by atoms with Crippen molar-refractivity contribution < 1.29 is 58.6 Å². The van der Waals surface area contributed by atoms with Gasteiger partial charge in [-0.3, -0.25) is 14.5 Å². The van der Waals surface area contributed by atoms with E-state index in [1.165, 1.54) is 22.0 Å². The number of hydrogen-bond acceptors (Lipinski definition) is 12. The van der Waals surface area contributed by atoms with E-state index in [9.17, 15) is 19.5 Å². The minimum atomic E-state index is -0.927. The summed E-state index contributed by atoms with van der Waals surface area (Å²) in [5.74, 6) is -1.47. The Morgan fingerprint density at radius 3 is 2.37 bits per heavy atom. The summed E-state index contributed by atoms with van der Waals surface area (Å²) >= 11 is 7.28. The number of ether oxygens (including phenoxy) is 1. The quantitative estimate of drug-likeness (QED) is 0.0710. The van der Waals surface area contributed by atoms with Crippen molar-refractivity contribution in [2.24, 2.45) is 5.16 Å². The first-order chi connectivity index (χ1) is 20.2. The molecule has 0 radical (unpaired) electrons. The van der Waals surface area contributed by atoms with Crippen LogP contribution < -0.4 is 45.7 Å². The summed E-state index contributed by atoms with van der Waals surface area (Å²) in [6.45, 7) is 1.14. The van der Waals surface area contributed by atoms with E-state index in [2.05, 4.69) is 15.5 Å². The molecule has 2 aliphatic rings. The van der Waals surface area contributed by atoms with E-state index in [0.717, 1.165) is 22.5 Å². The van der Waals surface area contributed by atoms with Crippen LogP contribution in [0, 0.1) is 0 Å². The van der Waals surface area contributed by atoms with Gasteiger partial charge in [-0.2, -0.15) is 0 Å². The van der Waals surface area contributed by atoms with Gasteiger partial charge in [-0.1, -0.05) is 78.0 Å². The predicted molar refractivity (Wildman–Crippen MR) is 160 cm³/mol. The molecular formula is C28H24N5NaO6S3. The van der Waals surface area contributed by atoms with E-state index in [1.807, 2.05) is 60.7 Å². The Bertz CT molecular complexity index is 1540. The van der Waals surface area contributed by atoms with E-state index in [-0.39, 0.29) is 51.8 Å². The fourth-order valence-electron chi connectivity index (χ4n) is 4.47. The average molecular weight is 646 g/mol. The maximum Gasteiger partial charge on any atom is 1.00 e. The van der Waals surface area contributed by atoms with Gasteiger partial charge in [-0.25, -0.2) is 9.78 Å². The summed E-state index contributed by atoms with van der Waals surface area (Å²) in [5, 5.41) is 19.0. The number of oxime groups is 1. The number of anilines is 1. The number of esters is 1. The van der Waals surface area contributed by atoms with Gasteiger partial charge < -0.3 is 25.7 Å². The first-order valence-corrected chi connectivity index (χ1v) is 15.0. The molecule has 0 spiro atoms. The second kappa shape index (κ2) is 14.5. The monoisotopic (exact) mass is 645 g/mol. The number of nitrogens with two attached hydrogens (primary N) is 1. The minimum Gasteiger partial charge on any atom is -0.863 e. The predicted octanol–water partition coefficient (Wildman–Crippen LogP) is -0.856. The van der Waals surface area contributed by atoms with Gasteiger partial charge >= 0.3 is 35.5 Å². The van der Waals surface area contributed by atoms with E-state index in [0.29, 0.717) is 11.3 Å². The Labute approximate surface area is 282 Å². The van der Waals surface area contributed by atoms with Crippen LogP contribution in [0.5, 0.6) is 0 Å². The Morgan fingerprint density at radius 1 is 1.19 bits per heavy atom. The smallest absolute Gasteiger partial charge is 0.863 e. The molecule has 0 saturated carbocycles. The van der Waals surface area contributed by atoms with Gasteiger partial charge in [0.2, 0.25) is 6.61 Å². The Hall–Kier alpha value is -3.27. The molecule has 2 aromatic carbocycles. The molecule has 1 saturated heterocycles. The van der Waals surface area contributed by atoms with Crippen LogP contribution in [0.15, 0.2) is 82.5 Å². The molecule has 3 heterocycles. The number of nitrogens with one attached hydrogen (secondary N) is 1. The van der Waals surface area contributed by atoms with Crippen molar-refractivity contribution in [1.29, 1.82) is 0 Å². The molecule has 3 aromatic rings. The van der Waals surface area contributed by atoms with Crippen LogP contribution in [0.4, 0.5) is 5.13 Å². The van der Waals surface area contributed by atoms with Crippen molar-refractivity contribution in [2.75, 3.05) is 18.1 Å². The molecule has 1 unspecified atom stereocenters. The molecule has 1 aromatic heterocycles. The number of amides is 2. The van der Waals surface area contributed by atoms with Crippen LogP contribution in [0.25, 0.3) is 0 Å². The second-order valence-corrected chi connectivity index (χ2v) is 11.6. The minimum absolute atomic E-state index is 0. The number of hydrogen-bond donors (Lipinski definition) is 2. The Morgan fingerprint density at radius 2 is 1.81 bits per heavy atom. The van der Waals surface area contributed by atoms with Crippen molar-refractivity contribution >= 4 is 69.0 Å². The number of aromatic nitrogens is 1. The van der Waals surface area contributed by atoms with Crippen molar-refractivity contribution in [2.45, 2.75) is 24.4 Å². The van der Waals surface area contributed by atoms with E-state index >= 15 is 0 Å². The number of rotatable bonds is 10. The van der Waals surface area contributed by atoms with Gasteiger partial charge in [0, 0.05) is 16.8 Å². The molecule has 216 valence electrons. The van der Waals surface area contributed by atoms with Crippen LogP contribution >= 0.6 is 35.3 Å². The number of thioether (sulfide) groups is 1. The van der Waals surface area contributed by atoms with Crippen molar-refractivity contribution in [3.8, 4) is 0 Å². The summed E-state index contributed by atoms with van der Waals surface area (Å²) in [6, 6.07) is 17.5. The number of thiocarbonyl (C=S) groups is 1. The fraction of sp³-hybridized carbons (Fsp3) is 0.214. The van der Waals surface area contributed by atoms with Gasteiger partial charge in [-0.15, -0.1) is 23.1 Å². The fourth-order valence-corrected chi connectivity index (χ4v) is 6.59. The topological polar surface area (TPSA) is 159 Å². The third-order valence-corrected chi connectivity index (χ3v) is 8.70. The standard InChI is InChI=1S/C28H25N5O6S3.Na/c1-15-13-41-26-21(25(36)33(26)22(15)27(37)40)31-24(35)20(18-14-42-28(29)30-18)32-38-12-19(34)39-23(16-8-4-2-5-9-16)17-10-6-3-7-11-17;/h2-11,14,21,23,26H,12-13H2,1H3,(H2,29,30)(H,31,35)(H,37,40);/q;+1/p-1/t21?,26-;/m1./s1. The third-order valence-electron chi connectivity index (χ3n) is 6.41. The summed E-state index contributed by atoms with van der Waals surface area (Å²) in [4.78, 5) is 49.6. The summed E-state index contributed by atoms with van der Waals surface area (Å²) < 4.78 is 5.72. The molecule has 5 rings (SSSR count). The van der Waals surface area contributed by atoms with Crippen LogP contribution in [0.2, 0.25) is 0 Å². The number of benzene rings is 2. The van der Waals surface area contributed by atoms with Gasteiger partial charge in [0.15, 0.2) is 16.9 Å². The van der Waals surface area contributed by atoms with Gasteiger partial charge in [0.25, 0.3) is 11.8 Å². The zero-order valence-corrected chi connectivity index (χ0v) is 27.5. The van der Waals surface area contributed by atoms with E-state index in [1.54, 1.807) is 6.92 Å². The molecule has 15 heteroatoms. The zero-order chi connectivity index (χ0) is 29.8. The number of fused-ring (bicyclic) bond motifs is 1. The molecule has 3 N–H and O–H groups in total. The number of carbonyl (C=O) groups excluding carboxylic acids is 3. The molecule has 2 atom stereocenters. The molecule has 0 aliphatic carbocycles. The number of thiazole rings is 1. The van der Waals surface area contributed by atoms with Crippen molar-refractivity contribution in [3.05, 3.63) is 94.1 Å². The van der Waals surface area contributed by atoms with Gasteiger partial charge in [-0.05, 0) is 28.7 Å². The maximum atomic E-state index is 13.3. The van der Waals surface area contributed by atoms with Gasteiger partial charge in [0.05, 0.1) is 0 Å². The first kappa shape index (κ1) is 32.6. The first-order valence-electron chi connectivity index (χ1n) is 12.6. The van der Waals surface area contributed by atoms with Crippen molar-refractivity contribution in [3.63, 3.8) is 0 Å². The van der Waals surface area contributed by atoms with E-state index in [4.69, 9.17) is 27.5 Å². The van der Waals surface area contributed by atoms with Crippen LogP contribution in [0.3, 0.4) is 0 Å². The molecule has 43 heavy (non-hydrogen) atoms.